The summed E-state index contributed by atoms with van der Waals surface area (Å²) >= 11 is 0. The number of fused-ring (bicyclic) bond motifs is 6. The van der Waals surface area contributed by atoms with Crippen LogP contribution in [0.4, 0.5) is 17.1 Å². The van der Waals surface area contributed by atoms with Crippen LogP contribution in [-0.2, 0) is 0 Å². The van der Waals surface area contributed by atoms with Gasteiger partial charge in [0.15, 0.2) is 0 Å². The van der Waals surface area contributed by atoms with E-state index in [2.05, 4.69) is 73.8 Å². The minimum atomic E-state index is -0.0598. The van der Waals surface area contributed by atoms with Crippen molar-refractivity contribution in [2.45, 2.75) is 0 Å². The van der Waals surface area contributed by atoms with Crippen molar-refractivity contribution in [3.8, 4) is 11.1 Å². The highest BCUT2D eigenvalue weighted by Gasteiger charge is 2.22. The summed E-state index contributed by atoms with van der Waals surface area (Å²) in [7, 11) is 0. The maximum absolute atomic E-state index is 9.42. The summed E-state index contributed by atoms with van der Waals surface area (Å²) in [5.41, 5.74) is 6.32. The lowest BCUT2D eigenvalue weighted by Crippen LogP contribution is -2.11. The molecular formula is C44H31NO. The van der Waals surface area contributed by atoms with Crippen LogP contribution in [0.1, 0.15) is 9.68 Å². The molecule has 2 nitrogen and oxygen atoms in total. The van der Waals surface area contributed by atoms with E-state index in [4.69, 9.17) is 5.79 Å². The van der Waals surface area contributed by atoms with E-state index in [1.165, 1.54) is 0 Å². The van der Waals surface area contributed by atoms with Gasteiger partial charge >= 0.3 is 0 Å². The smallest absolute Gasteiger partial charge is 0.143 e. The normalized spacial score (nSPS) is 12.7. The van der Waals surface area contributed by atoms with Crippen LogP contribution in [0.15, 0.2) is 181 Å². The molecule has 0 saturated carbocycles. The maximum Gasteiger partial charge on any atom is 0.143 e. The van der Waals surface area contributed by atoms with E-state index in [-0.39, 0.29) is 18.1 Å². The Morgan fingerprint density at radius 3 is 2.07 bits per heavy atom. The van der Waals surface area contributed by atoms with Crippen LogP contribution in [-0.4, -0.2) is 0 Å². The molecule has 46 heavy (non-hydrogen) atoms. The first kappa shape index (κ1) is 24.2. The average molecular weight is 593 g/mol. The summed E-state index contributed by atoms with van der Waals surface area (Å²) in [6.07, 6.45) is 4.99. The predicted molar refractivity (Wildman–Crippen MR) is 197 cm³/mol. The summed E-state index contributed by atoms with van der Waals surface area (Å²) in [6.45, 7) is 7.70. The zero-order valence-electron chi connectivity index (χ0n) is 28.1. The largest absolute Gasteiger partial charge is 0.455 e. The zero-order chi connectivity index (χ0) is 33.6. The Morgan fingerprint density at radius 2 is 1.22 bits per heavy atom. The minimum Gasteiger partial charge on any atom is -0.455 e. The molecule has 218 valence electrons. The number of furan rings is 1. The highest BCUT2D eigenvalue weighted by Crippen LogP contribution is 2.46. The highest BCUT2D eigenvalue weighted by atomic mass is 16.3. The lowest BCUT2D eigenvalue weighted by atomic mass is 9.98. The SMILES string of the molecule is [2H]c1cc(/C(C=C)=C/C=C)c([2H])c([2H])c1N(c1ccccc1-c1cccc2c1oc1c3ccccc3ccc21)c1cccc2ccccc12. The fraction of sp³-hybridized carbons (Fsp3) is 0. The molecule has 8 rings (SSSR count). The van der Waals surface area contributed by atoms with Crippen molar-refractivity contribution in [1.29, 1.82) is 0 Å². The Balaban J connectivity index is 1.44. The Kier molecular flexibility index (Phi) is 6.02. The molecule has 1 aromatic heterocycles. The molecule has 0 aliphatic rings. The van der Waals surface area contributed by atoms with Gasteiger partial charge in [-0.2, -0.15) is 0 Å². The van der Waals surface area contributed by atoms with E-state index in [1.54, 1.807) is 24.3 Å². The van der Waals surface area contributed by atoms with Crippen LogP contribution in [0.3, 0.4) is 0 Å². The number of benzene rings is 7. The molecule has 1 heterocycles. The second kappa shape index (κ2) is 11.4. The number of allylic oxidation sites excluding steroid dienone is 4. The molecule has 0 amide bonds. The number of hydrogen-bond acceptors (Lipinski definition) is 2. The van der Waals surface area contributed by atoms with Crippen molar-refractivity contribution in [2.24, 2.45) is 0 Å². The third kappa shape index (κ3) is 4.51. The van der Waals surface area contributed by atoms with Gasteiger partial charge in [0.25, 0.3) is 0 Å². The van der Waals surface area contributed by atoms with E-state index in [9.17, 15) is 2.74 Å². The average Bonchev–Trinajstić information content (AvgIpc) is 3.53. The van der Waals surface area contributed by atoms with Crippen molar-refractivity contribution < 1.29 is 8.53 Å². The number of para-hydroxylation sites is 2. The fourth-order valence-electron chi connectivity index (χ4n) is 6.42. The van der Waals surface area contributed by atoms with Gasteiger partial charge in [0.2, 0.25) is 0 Å². The maximum atomic E-state index is 9.42. The van der Waals surface area contributed by atoms with Crippen LogP contribution in [0.25, 0.3) is 60.2 Å². The van der Waals surface area contributed by atoms with Crippen molar-refractivity contribution in [3.63, 3.8) is 0 Å². The molecule has 0 fully saturated rings. The zero-order valence-corrected chi connectivity index (χ0v) is 25.1. The molecule has 0 atom stereocenters. The molecule has 0 N–H and O–H groups in total. The summed E-state index contributed by atoms with van der Waals surface area (Å²) in [6, 6.07) is 42.6. The van der Waals surface area contributed by atoms with E-state index >= 15 is 0 Å². The van der Waals surface area contributed by atoms with Gasteiger partial charge in [-0.1, -0.05) is 147 Å². The summed E-state index contributed by atoms with van der Waals surface area (Å²) in [5.74, 6) is 0. The van der Waals surface area contributed by atoms with E-state index in [0.29, 0.717) is 16.8 Å². The second-order valence-corrected chi connectivity index (χ2v) is 11.2. The number of hydrogen-bond donors (Lipinski definition) is 0. The standard InChI is InChI=1S/C44H31NO/c1-3-13-30(4-2)31-24-27-34(28-25-31)45(41-23-11-16-32-14-5-7-17-35(32)41)42-22-10-9-19-37(42)38-20-12-21-39-40-29-26-33-15-6-8-18-36(33)43(40)46-44(38)39/h3-29H,1-2H2/b30-13+/i24D,27D,28D. The topological polar surface area (TPSA) is 16.4 Å². The second-order valence-electron chi connectivity index (χ2n) is 11.2. The van der Waals surface area contributed by atoms with Crippen LogP contribution in [0.5, 0.6) is 0 Å². The van der Waals surface area contributed by atoms with Gasteiger partial charge in [0.1, 0.15) is 11.2 Å². The van der Waals surface area contributed by atoms with E-state index in [0.717, 1.165) is 66.0 Å². The van der Waals surface area contributed by atoms with Crippen molar-refractivity contribution >= 4 is 66.1 Å². The van der Waals surface area contributed by atoms with Gasteiger partial charge in [0, 0.05) is 38.4 Å². The van der Waals surface area contributed by atoms with Gasteiger partial charge in [0.05, 0.1) is 15.5 Å². The molecule has 0 unspecified atom stereocenters. The molecule has 7 aromatic carbocycles. The minimum absolute atomic E-state index is 0.00739. The molecule has 0 aliphatic heterocycles. The molecule has 0 radical (unpaired) electrons. The molecule has 8 aromatic rings. The van der Waals surface area contributed by atoms with Gasteiger partial charge in [-0.05, 0) is 52.2 Å². The number of anilines is 3. The monoisotopic (exact) mass is 592 g/mol. The molecular weight excluding hydrogens is 558 g/mol. The van der Waals surface area contributed by atoms with Crippen molar-refractivity contribution in [3.05, 3.63) is 182 Å². The summed E-state index contributed by atoms with van der Waals surface area (Å²) in [5, 5.41) is 6.20. The highest BCUT2D eigenvalue weighted by molar-refractivity contribution is 6.17. The first-order valence-electron chi connectivity index (χ1n) is 16.8. The third-order valence-corrected chi connectivity index (χ3v) is 8.55. The van der Waals surface area contributed by atoms with Crippen LogP contribution < -0.4 is 4.90 Å². The Morgan fingerprint density at radius 1 is 0.565 bits per heavy atom. The molecule has 0 saturated heterocycles. The van der Waals surface area contributed by atoms with Crippen LogP contribution >= 0.6 is 0 Å². The summed E-state index contributed by atoms with van der Waals surface area (Å²) in [4.78, 5) is 1.96. The lowest BCUT2D eigenvalue weighted by Gasteiger charge is -2.29. The predicted octanol–water partition coefficient (Wildman–Crippen LogP) is 12.8. The van der Waals surface area contributed by atoms with Gasteiger partial charge in [-0.3, -0.25) is 0 Å². The summed E-state index contributed by atoms with van der Waals surface area (Å²) < 4.78 is 34.7. The third-order valence-electron chi connectivity index (χ3n) is 8.55. The molecule has 0 aliphatic carbocycles. The Labute approximate surface area is 272 Å². The molecule has 2 heteroatoms. The Hall–Kier alpha value is -6.12. The van der Waals surface area contributed by atoms with E-state index < -0.39 is 0 Å². The van der Waals surface area contributed by atoms with Crippen molar-refractivity contribution in [2.75, 3.05) is 4.90 Å². The van der Waals surface area contributed by atoms with Gasteiger partial charge < -0.3 is 9.32 Å². The van der Waals surface area contributed by atoms with Crippen molar-refractivity contribution in [1.82, 2.24) is 0 Å². The van der Waals surface area contributed by atoms with Gasteiger partial charge in [-0.25, -0.2) is 0 Å². The van der Waals surface area contributed by atoms with E-state index in [1.807, 2.05) is 65.6 Å². The fourth-order valence-corrected chi connectivity index (χ4v) is 6.42. The molecule has 0 bridgehead atoms. The number of nitrogens with zero attached hydrogens (tertiary/aromatic N) is 1. The van der Waals surface area contributed by atoms with Crippen LogP contribution in [0.2, 0.25) is 0 Å². The molecule has 0 spiro atoms. The first-order chi connectivity index (χ1) is 24.0. The Bertz CT molecular complexity index is 2640. The van der Waals surface area contributed by atoms with Gasteiger partial charge in [-0.15, -0.1) is 0 Å². The first-order valence-corrected chi connectivity index (χ1v) is 15.3. The number of rotatable bonds is 7. The lowest BCUT2D eigenvalue weighted by molar-refractivity contribution is 0.674. The quantitative estimate of drug-likeness (QED) is 0.171. The van der Waals surface area contributed by atoms with Crippen LogP contribution in [0, 0.1) is 0 Å².